The number of thiazole rings is 1. The van der Waals surface area contributed by atoms with Gasteiger partial charge in [-0.05, 0) is 45.1 Å². The number of nitrogens with zero attached hydrogens (tertiary/aromatic N) is 5. The van der Waals surface area contributed by atoms with Gasteiger partial charge in [0.2, 0.25) is 5.95 Å². The summed E-state index contributed by atoms with van der Waals surface area (Å²) in [6.07, 6.45) is 5.40. The molecule has 0 spiro atoms. The molecule has 0 radical (unpaired) electrons. The van der Waals surface area contributed by atoms with Crippen LogP contribution in [0.2, 0.25) is 0 Å². The second-order valence-electron chi connectivity index (χ2n) is 7.36. The summed E-state index contributed by atoms with van der Waals surface area (Å²) in [5.74, 6) is 0.212. The van der Waals surface area contributed by atoms with Crippen molar-refractivity contribution in [1.82, 2.24) is 19.3 Å². The van der Waals surface area contributed by atoms with E-state index in [0.29, 0.717) is 9.88 Å². The smallest absolute Gasteiger partial charge is 0.351 e. The van der Waals surface area contributed by atoms with E-state index < -0.39 is 11.7 Å². The van der Waals surface area contributed by atoms with E-state index in [1.54, 1.807) is 18.9 Å². The molecule has 174 valence electrons. The Kier molecular flexibility index (Phi) is 8.66. The summed E-state index contributed by atoms with van der Waals surface area (Å²) in [6, 6.07) is 0.0947. The fourth-order valence-corrected chi connectivity index (χ4v) is 4.82. The van der Waals surface area contributed by atoms with Gasteiger partial charge in [0, 0.05) is 37.7 Å². The molecule has 3 heterocycles. The number of aryl methyl sites for hydroxylation is 1. The standard InChI is InChI=1S/C21H27F3N6S2/c1-4-6-9-25-18(5-2)32-30-10-7-15(8-11-30)28-20-27-12-16(21(22,23)24)19(29-20)17-13-26-14(3)31-17/h5,9,12-13,15H,4,6-8,10-11H2,1-3H3,(H,27,28,29)/b18-5+,25-9?. The first-order valence-corrected chi connectivity index (χ1v) is 12.1. The van der Waals surface area contributed by atoms with Crippen LogP contribution in [0.25, 0.3) is 10.6 Å². The van der Waals surface area contributed by atoms with E-state index in [9.17, 15) is 13.2 Å². The molecule has 1 saturated heterocycles. The summed E-state index contributed by atoms with van der Waals surface area (Å²) in [5.41, 5.74) is -0.975. The Morgan fingerprint density at radius 3 is 2.66 bits per heavy atom. The maximum absolute atomic E-state index is 13.5. The van der Waals surface area contributed by atoms with Crippen molar-refractivity contribution in [3.05, 3.63) is 34.1 Å². The van der Waals surface area contributed by atoms with E-state index in [0.717, 1.165) is 50.0 Å². The highest BCUT2D eigenvalue weighted by molar-refractivity contribution is 8.00. The minimum absolute atomic E-state index is 0.0947. The van der Waals surface area contributed by atoms with Gasteiger partial charge in [-0.1, -0.05) is 19.4 Å². The summed E-state index contributed by atoms with van der Waals surface area (Å²) < 4.78 is 42.7. The molecule has 6 nitrogen and oxygen atoms in total. The Bertz CT molecular complexity index is 949. The number of aliphatic imine (C=N–C) groups is 1. The summed E-state index contributed by atoms with van der Waals surface area (Å²) in [6.45, 7) is 7.52. The Labute approximate surface area is 194 Å². The van der Waals surface area contributed by atoms with Crippen LogP contribution in [0, 0.1) is 6.92 Å². The normalized spacial score (nSPS) is 16.8. The van der Waals surface area contributed by atoms with E-state index in [1.807, 2.05) is 19.2 Å². The Morgan fingerprint density at radius 1 is 1.31 bits per heavy atom. The second-order valence-corrected chi connectivity index (χ2v) is 9.72. The van der Waals surface area contributed by atoms with E-state index in [4.69, 9.17) is 0 Å². The summed E-state index contributed by atoms with van der Waals surface area (Å²) >= 11 is 2.82. The molecule has 0 aliphatic carbocycles. The highest BCUT2D eigenvalue weighted by Gasteiger charge is 2.36. The zero-order valence-corrected chi connectivity index (χ0v) is 19.9. The van der Waals surface area contributed by atoms with E-state index in [-0.39, 0.29) is 17.7 Å². The first-order chi connectivity index (χ1) is 15.3. The average Bonchev–Trinajstić information content (AvgIpc) is 3.20. The fourth-order valence-electron chi connectivity index (χ4n) is 3.16. The third-order valence-electron chi connectivity index (χ3n) is 4.84. The van der Waals surface area contributed by atoms with Crippen molar-refractivity contribution < 1.29 is 13.2 Å². The lowest BCUT2D eigenvalue weighted by Crippen LogP contribution is -2.36. The molecular formula is C21H27F3N6S2. The van der Waals surface area contributed by atoms with Crippen LogP contribution in [0.1, 0.15) is 50.1 Å². The molecule has 0 unspecified atom stereocenters. The molecule has 0 atom stereocenters. The van der Waals surface area contributed by atoms with Gasteiger partial charge in [0.25, 0.3) is 0 Å². The number of unbranched alkanes of at least 4 members (excludes halogenated alkanes) is 1. The van der Waals surface area contributed by atoms with E-state index >= 15 is 0 Å². The van der Waals surface area contributed by atoms with Gasteiger partial charge in [-0.15, -0.1) is 11.3 Å². The topological polar surface area (TPSA) is 66.3 Å². The molecule has 1 aliphatic rings. The van der Waals surface area contributed by atoms with Crippen LogP contribution >= 0.6 is 23.3 Å². The summed E-state index contributed by atoms with van der Waals surface area (Å²) in [4.78, 5) is 17.1. The number of nitrogens with one attached hydrogen (secondary N) is 1. The molecule has 1 aliphatic heterocycles. The van der Waals surface area contributed by atoms with Crippen molar-refractivity contribution >= 4 is 35.4 Å². The quantitative estimate of drug-likeness (QED) is 0.356. The molecule has 0 bridgehead atoms. The first-order valence-electron chi connectivity index (χ1n) is 10.6. The zero-order chi connectivity index (χ0) is 23.1. The molecule has 2 aromatic heterocycles. The van der Waals surface area contributed by atoms with Crippen molar-refractivity contribution in [2.45, 2.75) is 58.7 Å². The maximum Gasteiger partial charge on any atom is 0.420 e. The fraction of sp³-hybridized carbons (Fsp3) is 0.524. The monoisotopic (exact) mass is 484 g/mol. The lowest BCUT2D eigenvalue weighted by atomic mass is 10.1. The lowest BCUT2D eigenvalue weighted by Gasteiger charge is -2.31. The van der Waals surface area contributed by atoms with Crippen LogP contribution in [0.3, 0.4) is 0 Å². The van der Waals surface area contributed by atoms with Crippen LogP contribution in [-0.2, 0) is 6.18 Å². The van der Waals surface area contributed by atoms with Gasteiger partial charge in [0.15, 0.2) is 0 Å². The van der Waals surface area contributed by atoms with Gasteiger partial charge in [-0.25, -0.2) is 19.3 Å². The highest BCUT2D eigenvalue weighted by atomic mass is 32.2. The highest BCUT2D eigenvalue weighted by Crippen LogP contribution is 2.38. The summed E-state index contributed by atoms with van der Waals surface area (Å²) in [5, 5.41) is 4.88. The Balaban J connectivity index is 1.64. The molecule has 32 heavy (non-hydrogen) atoms. The number of aromatic nitrogens is 3. The third kappa shape index (κ3) is 6.76. The minimum Gasteiger partial charge on any atom is -0.351 e. The molecule has 0 saturated carbocycles. The first kappa shape index (κ1) is 24.7. The number of alkyl halides is 3. The SMILES string of the molecule is C/C=C(\N=CCCC)SN1CCC(Nc2ncc(C(F)(F)F)c(-c3cnc(C)s3)n2)CC1. The number of allylic oxidation sites excluding steroid dienone is 1. The Morgan fingerprint density at radius 2 is 2.06 bits per heavy atom. The van der Waals surface area contributed by atoms with Crippen molar-refractivity contribution in [2.24, 2.45) is 4.99 Å². The molecule has 1 N–H and O–H groups in total. The molecular weight excluding hydrogens is 457 g/mol. The van der Waals surface area contributed by atoms with E-state index in [1.165, 1.54) is 17.5 Å². The number of piperidine rings is 1. The number of hydrogen-bond donors (Lipinski definition) is 1. The second kappa shape index (κ2) is 11.2. The number of anilines is 1. The van der Waals surface area contributed by atoms with Gasteiger partial charge >= 0.3 is 6.18 Å². The predicted molar refractivity (Wildman–Crippen MR) is 126 cm³/mol. The largest absolute Gasteiger partial charge is 0.420 e. The number of hydrogen-bond acceptors (Lipinski definition) is 8. The van der Waals surface area contributed by atoms with Gasteiger partial charge in [-0.3, -0.25) is 4.99 Å². The van der Waals surface area contributed by atoms with Crippen molar-refractivity contribution in [2.75, 3.05) is 18.4 Å². The van der Waals surface area contributed by atoms with Crippen LogP contribution in [0.15, 0.2) is 28.5 Å². The number of rotatable bonds is 8. The van der Waals surface area contributed by atoms with Crippen LogP contribution in [-0.4, -0.2) is 44.6 Å². The minimum atomic E-state index is -4.53. The van der Waals surface area contributed by atoms with Gasteiger partial charge < -0.3 is 5.32 Å². The molecule has 11 heteroatoms. The molecule has 0 amide bonds. The maximum atomic E-state index is 13.5. The van der Waals surface area contributed by atoms with Crippen LogP contribution in [0.5, 0.6) is 0 Å². The zero-order valence-electron chi connectivity index (χ0n) is 18.3. The average molecular weight is 485 g/mol. The van der Waals surface area contributed by atoms with Gasteiger partial charge in [0.05, 0.1) is 15.6 Å². The van der Waals surface area contributed by atoms with Crippen molar-refractivity contribution in [1.29, 1.82) is 0 Å². The molecule has 0 aromatic carbocycles. The van der Waals surface area contributed by atoms with Crippen molar-refractivity contribution in [3.8, 4) is 10.6 Å². The molecule has 3 rings (SSSR count). The molecule has 1 fully saturated rings. The van der Waals surface area contributed by atoms with Gasteiger partial charge in [-0.2, -0.15) is 13.2 Å². The molecule has 2 aromatic rings. The van der Waals surface area contributed by atoms with Gasteiger partial charge in [0.1, 0.15) is 10.6 Å². The summed E-state index contributed by atoms with van der Waals surface area (Å²) in [7, 11) is 0. The predicted octanol–water partition coefficient (Wildman–Crippen LogP) is 6.18. The van der Waals surface area contributed by atoms with Crippen molar-refractivity contribution in [3.63, 3.8) is 0 Å². The Hall–Kier alpha value is -1.98. The number of halogens is 3. The lowest BCUT2D eigenvalue weighted by molar-refractivity contribution is -0.137. The third-order valence-corrected chi connectivity index (χ3v) is 6.91. The van der Waals surface area contributed by atoms with Crippen LogP contribution < -0.4 is 5.32 Å². The van der Waals surface area contributed by atoms with Crippen LogP contribution in [0.4, 0.5) is 19.1 Å². The van der Waals surface area contributed by atoms with E-state index in [2.05, 4.69) is 36.5 Å².